The molecule has 0 aliphatic rings. The maximum absolute atomic E-state index is 12.1. The predicted octanol–water partition coefficient (Wildman–Crippen LogP) is 5.37. The van der Waals surface area contributed by atoms with Crippen molar-refractivity contribution in [3.05, 3.63) is 70.8 Å². The fourth-order valence-electron chi connectivity index (χ4n) is 2.62. The lowest BCUT2D eigenvalue weighted by molar-refractivity contribution is -0.137. The molecule has 31 heavy (non-hydrogen) atoms. The van der Waals surface area contributed by atoms with Gasteiger partial charge >= 0.3 is 12.1 Å². The molecule has 0 aromatic heterocycles. The first-order valence-electron chi connectivity index (χ1n) is 9.79. The second-order valence-corrected chi connectivity index (χ2v) is 7.61. The fraction of sp³-hybridized carbons (Fsp3) is 0.391. The van der Waals surface area contributed by atoms with E-state index in [0.29, 0.717) is 17.9 Å². The molecule has 2 aromatic rings. The standard InChI is InChI=1S/C14H19NO3.C9H9F3O/c1-9(2)8-13(16)15-10(3)11-4-6-12(7-5-11)14(17)18;1-6(13)7-2-4-8(5-3-7)9(10,11)12/h4-7,9-10H,8H2,1-3H3,(H,15,16)(H,17,18);2-6,13H,1H3. The SMILES string of the molecule is CC(C)CC(=O)NC(C)c1ccc(C(=O)O)cc1.CC(O)c1ccc(C(F)(F)F)cc1. The first kappa shape index (κ1) is 26.2. The minimum Gasteiger partial charge on any atom is -0.478 e. The van der Waals surface area contributed by atoms with Crippen LogP contribution in [0.15, 0.2) is 48.5 Å². The molecule has 0 fully saturated rings. The van der Waals surface area contributed by atoms with Gasteiger partial charge in [-0.3, -0.25) is 4.79 Å². The molecule has 2 atom stereocenters. The van der Waals surface area contributed by atoms with Crippen molar-refractivity contribution in [2.75, 3.05) is 0 Å². The molecule has 0 aliphatic heterocycles. The number of carboxylic acids is 1. The lowest BCUT2D eigenvalue weighted by Gasteiger charge is -2.15. The van der Waals surface area contributed by atoms with Crippen molar-refractivity contribution >= 4 is 11.9 Å². The van der Waals surface area contributed by atoms with Crippen LogP contribution in [0.4, 0.5) is 13.2 Å². The van der Waals surface area contributed by atoms with Gasteiger partial charge in [-0.25, -0.2) is 4.79 Å². The molecule has 2 rings (SSSR count). The Hall–Kier alpha value is -2.87. The number of halogens is 3. The highest BCUT2D eigenvalue weighted by Crippen LogP contribution is 2.29. The third-order valence-electron chi connectivity index (χ3n) is 4.35. The van der Waals surface area contributed by atoms with Gasteiger partial charge in [0.15, 0.2) is 0 Å². The zero-order chi connectivity index (χ0) is 23.8. The van der Waals surface area contributed by atoms with Crippen LogP contribution >= 0.6 is 0 Å². The Morgan fingerprint density at radius 2 is 1.39 bits per heavy atom. The van der Waals surface area contributed by atoms with Crippen molar-refractivity contribution in [2.24, 2.45) is 5.92 Å². The Labute approximate surface area is 179 Å². The minimum atomic E-state index is -4.31. The molecule has 0 bridgehead atoms. The van der Waals surface area contributed by atoms with E-state index in [1.165, 1.54) is 19.1 Å². The van der Waals surface area contributed by atoms with E-state index >= 15 is 0 Å². The summed E-state index contributed by atoms with van der Waals surface area (Å²) >= 11 is 0. The van der Waals surface area contributed by atoms with Gasteiger partial charge < -0.3 is 15.5 Å². The highest BCUT2D eigenvalue weighted by molar-refractivity contribution is 5.87. The highest BCUT2D eigenvalue weighted by Gasteiger charge is 2.30. The number of hydrogen-bond donors (Lipinski definition) is 3. The molecule has 8 heteroatoms. The second kappa shape index (κ2) is 11.5. The number of amides is 1. The van der Waals surface area contributed by atoms with Crippen LogP contribution in [0.5, 0.6) is 0 Å². The van der Waals surface area contributed by atoms with Gasteiger partial charge in [0, 0.05) is 6.42 Å². The number of rotatable bonds is 6. The number of alkyl halides is 3. The number of aliphatic hydroxyl groups is 1. The largest absolute Gasteiger partial charge is 0.478 e. The Morgan fingerprint density at radius 3 is 1.77 bits per heavy atom. The van der Waals surface area contributed by atoms with E-state index in [9.17, 15) is 22.8 Å². The summed E-state index contributed by atoms with van der Waals surface area (Å²) in [5.74, 6) is -0.607. The van der Waals surface area contributed by atoms with Crippen LogP contribution in [0.25, 0.3) is 0 Å². The normalized spacial score (nSPS) is 13.1. The summed E-state index contributed by atoms with van der Waals surface area (Å²) in [6, 6.07) is 10.9. The number of carbonyl (C=O) groups is 2. The lowest BCUT2D eigenvalue weighted by Crippen LogP contribution is -2.27. The van der Waals surface area contributed by atoms with Crippen molar-refractivity contribution in [3.8, 4) is 0 Å². The van der Waals surface area contributed by atoms with Crippen molar-refractivity contribution in [3.63, 3.8) is 0 Å². The number of nitrogens with one attached hydrogen (secondary N) is 1. The molecular formula is C23H28F3NO4. The van der Waals surface area contributed by atoms with Crippen LogP contribution in [0, 0.1) is 5.92 Å². The summed E-state index contributed by atoms with van der Waals surface area (Å²) < 4.78 is 36.2. The van der Waals surface area contributed by atoms with Crippen LogP contribution in [0.2, 0.25) is 0 Å². The number of carbonyl (C=O) groups excluding carboxylic acids is 1. The Bertz CT molecular complexity index is 845. The van der Waals surface area contributed by atoms with E-state index < -0.39 is 23.8 Å². The van der Waals surface area contributed by atoms with Crippen molar-refractivity contribution in [2.45, 2.75) is 52.4 Å². The van der Waals surface area contributed by atoms with Gasteiger partial charge in [-0.15, -0.1) is 0 Å². The van der Waals surface area contributed by atoms with Gasteiger partial charge in [0.2, 0.25) is 5.91 Å². The summed E-state index contributed by atoms with van der Waals surface area (Å²) in [4.78, 5) is 22.3. The molecule has 3 N–H and O–H groups in total. The molecule has 0 saturated heterocycles. The molecular weight excluding hydrogens is 411 g/mol. The Kier molecular flexibility index (Phi) is 9.71. The average molecular weight is 439 g/mol. The third-order valence-corrected chi connectivity index (χ3v) is 4.35. The van der Waals surface area contributed by atoms with Crippen LogP contribution in [0.1, 0.15) is 73.3 Å². The summed E-state index contributed by atoms with van der Waals surface area (Å²) in [7, 11) is 0. The molecule has 2 aromatic carbocycles. The van der Waals surface area contributed by atoms with E-state index in [1.807, 2.05) is 20.8 Å². The van der Waals surface area contributed by atoms with Gasteiger partial charge in [0.05, 0.1) is 23.3 Å². The van der Waals surface area contributed by atoms with Crippen molar-refractivity contribution in [1.82, 2.24) is 5.32 Å². The third kappa shape index (κ3) is 9.21. The topological polar surface area (TPSA) is 86.6 Å². The highest BCUT2D eigenvalue weighted by atomic mass is 19.4. The second-order valence-electron chi connectivity index (χ2n) is 7.61. The molecule has 0 heterocycles. The Morgan fingerprint density at radius 1 is 0.903 bits per heavy atom. The van der Waals surface area contributed by atoms with Crippen LogP contribution < -0.4 is 5.32 Å². The zero-order valence-electron chi connectivity index (χ0n) is 17.9. The van der Waals surface area contributed by atoms with E-state index in [4.69, 9.17) is 10.2 Å². The summed E-state index contributed by atoms with van der Waals surface area (Å²) in [6.45, 7) is 7.37. The van der Waals surface area contributed by atoms with Gasteiger partial charge in [-0.1, -0.05) is 38.1 Å². The number of aromatic carboxylic acids is 1. The number of carboxylic acid groups (broad SMARTS) is 1. The molecule has 2 unspecified atom stereocenters. The first-order chi connectivity index (χ1) is 14.3. The lowest BCUT2D eigenvalue weighted by atomic mass is 10.1. The maximum Gasteiger partial charge on any atom is 0.416 e. The zero-order valence-corrected chi connectivity index (χ0v) is 17.9. The van der Waals surface area contributed by atoms with Crippen molar-refractivity contribution in [1.29, 1.82) is 0 Å². The van der Waals surface area contributed by atoms with E-state index in [-0.39, 0.29) is 17.5 Å². The van der Waals surface area contributed by atoms with Gasteiger partial charge in [-0.05, 0) is 55.2 Å². The summed E-state index contributed by atoms with van der Waals surface area (Å²) in [5.41, 5.74) is 0.932. The van der Waals surface area contributed by atoms with Gasteiger partial charge in [0.1, 0.15) is 0 Å². The Balaban J connectivity index is 0.000000327. The first-order valence-corrected chi connectivity index (χ1v) is 9.79. The molecule has 0 aliphatic carbocycles. The number of aliphatic hydroxyl groups excluding tert-OH is 1. The smallest absolute Gasteiger partial charge is 0.416 e. The van der Waals surface area contributed by atoms with E-state index in [1.54, 1.807) is 24.3 Å². The van der Waals surface area contributed by atoms with Crippen LogP contribution in [0.3, 0.4) is 0 Å². The monoisotopic (exact) mass is 439 g/mol. The van der Waals surface area contributed by atoms with Crippen LogP contribution in [-0.2, 0) is 11.0 Å². The van der Waals surface area contributed by atoms with Crippen molar-refractivity contribution < 1.29 is 33.0 Å². The number of hydrogen-bond acceptors (Lipinski definition) is 3. The maximum atomic E-state index is 12.1. The number of benzene rings is 2. The minimum absolute atomic E-state index is 0.0137. The average Bonchev–Trinajstić information content (AvgIpc) is 2.67. The van der Waals surface area contributed by atoms with E-state index in [0.717, 1.165) is 17.7 Å². The van der Waals surface area contributed by atoms with Gasteiger partial charge in [-0.2, -0.15) is 13.2 Å². The molecule has 5 nitrogen and oxygen atoms in total. The van der Waals surface area contributed by atoms with Gasteiger partial charge in [0.25, 0.3) is 0 Å². The molecule has 0 saturated carbocycles. The predicted molar refractivity (Wildman–Crippen MR) is 111 cm³/mol. The fourth-order valence-corrected chi connectivity index (χ4v) is 2.62. The molecule has 1 amide bonds. The molecule has 0 radical (unpaired) electrons. The quantitative estimate of drug-likeness (QED) is 0.565. The van der Waals surface area contributed by atoms with Crippen LogP contribution in [-0.4, -0.2) is 22.1 Å². The summed E-state index contributed by atoms with van der Waals surface area (Å²) in [6.07, 6.45) is -4.54. The van der Waals surface area contributed by atoms with E-state index in [2.05, 4.69) is 5.32 Å². The summed E-state index contributed by atoms with van der Waals surface area (Å²) in [5, 5.41) is 20.7. The molecule has 170 valence electrons. The molecule has 0 spiro atoms.